The Hall–Kier alpha value is -0.680. The van der Waals surface area contributed by atoms with Crippen molar-refractivity contribution >= 4 is 33.8 Å². The smallest absolute Gasteiger partial charge is 0.191 e. The van der Waals surface area contributed by atoms with E-state index < -0.39 is 0 Å². The SMILES string of the molecule is CCN(C(=S)NC)c1nccs1. The van der Waals surface area contributed by atoms with Gasteiger partial charge in [0.15, 0.2) is 10.2 Å². The topological polar surface area (TPSA) is 28.2 Å². The Morgan fingerprint density at radius 3 is 3.00 bits per heavy atom. The minimum absolute atomic E-state index is 0.715. The van der Waals surface area contributed by atoms with Crippen LogP contribution in [0.1, 0.15) is 6.92 Å². The molecule has 0 spiro atoms. The van der Waals surface area contributed by atoms with Gasteiger partial charge in [0.1, 0.15) is 0 Å². The molecule has 0 aliphatic carbocycles. The molecule has 1 aromatic heterocycles. The zero-order valence-electron chi connectivity index (χ0n) is 7.07. The molecule has 0 bridgehead atoms. The molecule has 0 radical (unpaired) electrons. The first kappa shape index (κ1) is 9.41. The Morgan fingerprint density at radius 2 is 2.58 bits per heavy atom. The Balaban J connectivity index is 2.76. The highest BCUT2D eigenvalue weighted by Gasteiger charge is 2.09. The molecule has 0 saturated heterocycles. The van der Waals surface area contributed by atoms with Crippen LogP contribution >= 0.6 is 23.6 Å². The van der Waals surface area contributed by atoms with E-state index in [1.165, 1.54) is 0 Å². The molecular formula is C7H11N3S2. The monoisotopic (exact) mass is 201 g/mol. The van der Waals surface area contributed by atoms with Crippen LogP contribution in [0.5, 0.6) is 0 Å². The first-order chi connectivity index (χ1) is 5.79. The third-order valence-corrected chi connectivity index (χ3v) is 2.64. The molecule has 1 aromatic rings. The molecular weight excluding hydrogens is 190 g/mol. The van der Waals surface area contributed by atoms with Gasteiger partial charge in [-0.25, -0.2) is 4.98 Å². The molecule has 1 rings (SSSR count). The Labute approximate surface area is 81.4 Å². The average Bonchev–Trinajstić information content (AvgIpc) is 2.58. The number of rotatable bonds is 2. The first-order valence-corrected chi connectivity index (χ1v) is 4.97. The molecule has 0 aliphatic rings. The lowest BCUT2D eigenvalue weighted by molar-refractivity contribution is 1.00. The third kappa shape index (κ3) is 1.92. The number of nitrogens with one attached hydrogen (secondary N) is 1. The third-order valence-electron chi connectivity index (χ3n) is 1.43. The molecule has 0 aliphatic heterocycles. The van der Waals surface area contributed by atoms with Gasteiger partial charge in [-0.1, -0.05) is 0 Å². The normalized spacial score (nSPS) is 9.50. The van der Waals surface area contributed by atoms with Crippen molar-refractivity contribution in [3.8, 4) is 0 Å². The van der Waals surface area contributed by atoms with Gasteiger partial charge in [0.2, 0.25) is 0 Å². The number of thiocarbonyl (C=S) groups is 1. The summed E-state index contributed by atoms with van der Waals surface area (Å²) in [5, 5.41) is 6.53. The molecule has 12 heavy (non-hydrogen) atoms. The molecule has 3 nitrogen and oxygen atoms in total. The molecule has 0 saturated carbocycles. The number of aromatic nitrogens is 1. The van der Waals surface area contributed by atoms with E-state index in [0.29, 0.717) is 5.11 Å². The molecule has 1 N–H and O–H groups in total. The predicted molar refractivity (Wildman–Crippen MR) is 56.8 cm³/mol. The first-order valence-electron chi connectivity index (χ1n) is 3.68. The van der Waals surface area contributed by atoms with Crippen LogP contribution in [0.3, 0.4) is 0 Å². The van der Waals surface area contributed by atoms with Crippen molar-refractivity contribution in [1.82, 2.24) is 10.3 Å². The highest BCUT2D eigenvalue weighted by atomic mass is 32.1. The van der Waals surface area contributed by atoms with Crippen molar-refractivity contribution in [3.05, 3.63) is 11.6 Å². The number of nitrogens with zero attached hydrogens (tertiary/aromatic N) is 2. The maximum absolute atomic E-state index is 5.11. The number of hydrogen-bond donors (Lipinski definition) is 1. The van der Waals surface area contributed by atoms with Gasteiger partial charge in [-0.2, -0.15) is 0 Å². The second-order valence-corrected chi connectivity index (χ2v) is 3.37. The van der Waals surface area contributed by atoms with Crippen LogP contribution < -0.4 is 10.2 Å². The van der Waals surface area contributed by atoms with Crippen LogP contribution in [-0.4, -0.2) is 23.7 Å². The van der Waals surface area contributed by atoms with Crippen molar-refractivity contribution in [3.63, 3.8) is 0 Å². The maximum atomic E-state index is 5.11. The summed E-state index contributed by atoms with van der Waals surface area (Å²) in [4.78, 5) is 6.13. The molecule has 0 atom stereocenters. The van der Waals surface area contributed by atoms with Crippen molar-refractivity contribution in [1.29, 1.82) is 0 Å². The van der Waals surface area contributed by atoms with Gasteiger partial charge >= 0.3 is 0 Å². The van der Waals surface area contributed by atoms with Crippen molar-refractivity contribution in [2.75, 3.05) is 18.5 Å². The number of thiazole rings is 1. The summed E-state index contributed by atoms with van der Waals surface area (Å²) in [5.74, 6) is 0. The second-order valence-electron chi connectivity index (χ2n) is 2.11. The molecule has 5 heteroatoms. The second kappa shape index (κ2) is 4.37. The Bertz CT molecular complexity index is 245. The zero-order valence-corrected chi connectivity index (χ0v) is 8.71. The van der Waals surface area contributed by atoms with Crippen LogP contribution in [0.25, 0.3) is 0 Å². The molecule has 0 fully saturated rings. The summed E-state index contributed by atoms with van der Waals surface area (Å²) < 4.78 is 0. The van der Waals surface area contributed by atoms with E-state index in [2.05, 4.69) is 10.3 Å². The fraction of sp³-hybridized carbons (Fsp3) is 0.429. The van der Waals surface area contributed by atoms with Crippen molar-refractivity contribution in [2.24, 2.45) is 0 Å². The van der Waals surface area contributed by atoms with Gasteiger partial charge < -0.3 is 5.32 Å². The standard InChI is InChI=1S/C7H11N3S2/c1-3-10(6(11)8-2)7-9-4-5-12-7/h4-5H,3H2,1-2H3,(H,8,11). The summed E-state index contributed by atoms with van der Waals surface area (Å²) in [5.41, 5.74) is 0. The van der Waals surface area contributed by atoms with Gasteiger partial charge in [0, 0.05) is 25.2 Å². The molecule has 0 amide bonds. The summed E-state index contributed by atoms with van der Waals surface area (Å²) in [6, 6.07) is 0. The average molecular weight is 201 g/mol. The zero-order chi connectivity index (χ0) is 8.97. The van der Waals surface area contributed by atoms with Gasteiger partial charge in [-0.3, -0.25) is 4.90 Å². The largest absolute Gasteiger partial charge is 0.365 e. The number of anilines is 1. The van der Waals surface area contributed by atoms with E-state index >= 15 is 0 Å². The minimum atomic E-state index is 0.715. The molecule has 1 heterocycles. The highest BCUT2D eigenvalue weighted by Crippen LogP contribution is 2.16. The van der Waals surface area contributed by atoms with E-state index in [9.17, 15) is 0 Å². The van der Waals surface area contributed by atoms with Crippen LogP contribution in [-0.2, 0) is 0 Å². The van der Waals surface area contributed by atoms with Crippen LogP contribution in [0.15, 0.2) is 11.6 Å². The van der Waals surface area contributed by atoms with Crippen molar-refractivity contribution in [2.45, 2.75) is 6.92 Å². The Kier molecular flexibility index (Phi) is 3.43. The molecule has 0 unspecified atom stereocenters. The van der Waals surface area contributed by atoms with Crippen LogP contribution in [0, 0.1) is 0 Å². The lowest BCUT2D eigenvalue weighted by Gasteiger charge is -2.19. The van der Waals surface area contributed by atoms with Gasteiger partial charge in [0.25, 0.3) is 0 Å². The summed E-state index contributed by atoms with van der Waals surface area (Å²) in [6.07, 6.45) is 1.78. The lowest BCUT2D eigenvalue weighted by Crippen LogP contribution is -2.37. The van der Waals surface area contributed by atoms with Crippen LogP contribution in [0.2, 0.25) is 0 Å². The van der Waals surface area contributed by atoms with Crippen LogP contribution in [0.4, 0.5) is 5.13 Å². The predicted octanol–water partition coefficient (Wildman–Crippen LogP) is 1.47. The highest BCUT2D eigenvalue weighted by molar-refractivity contribution is 7.80. The van der Waals surface area contributed by atoms with Crippen molar-refractivity contribution < 1.29 is 0 Å². The van der Waals surface area contributed by atoms with E-state index in [-0.39, 0.29) is 0 Å². The molecule has 0 aromatic carbocycles. The van der Waals surface area contributed by atoms with Gasteiger partial charge in [-0.15, -0.1) is 11.3 Å². The molecule has 66 valence electrons. The Morgan fingerprint density at radius 1 is 1.83 bits per heavy atom. The van der Waals surface area contributed by atoms with E-state index in [0.717, 1.165) is 11.7 Å². The maximum Gasteiger partial charge on any atom is 0.191 e. The summed E-state index contributed by atoms with van der Waals surface area (Å²) in [7, 11) is 1.82. The number of hydrogen-bond acceptors (Lipinski definition) is 3. The van der Waals surface area contributed by atoms with Gasteiger partial charge in [0.05, 0.1) is 0 Å². The van der Waals surface area contributed by atoms with E-state index in [4.69, 9.17) is 12.2 Å². The minimum Gasteiger partial charge on any atom is -0.365 e. The lowest BCUT2D eigenvalue weighted by atomic mass is 10.6. The quantitative estimate of drug-likeness (QED) is 0.734. The van der Waals surface area contributed by atoms with Gasteiger partial charge in [-0.05, 0) is 19.1 Å². The fourth-order valence-electron chi connectivity index (χ4n) is 0.850. The fourth-order valence-corrected chi connectivity index (χ4v) is 1.84. The summed E-state index contributed by atoms with van der Waals surface area (Å²) in [6.45, 7) is 2.89. The van der Waals surface area contributed by atoms with E-state index in [1.807, 2.05) is 24.3 Å². The summed E-state index contributed by atoms with van der Waals surface area (Å²) >= 11 is 6.69. The van der Waals surface area contributed by atoms with E-state index in [1.54, 1.807) is 17.5 Å².